The smallest absolute Gasteiger partial charge is 0.363 e. The van der Waals surface area contributed by atoms with Crippen LogP contribution in [0.5, 0.6) is 0 Å². The van der Waals surface area contributed by atoms with Crippen LogP contribution in [0.4, 0.5) is 11.6 Å². The van der Waals surface area contributed by atoms with Crippen LogP contribution in [0.15, 0.2) is 27.3 Å². The van der Waals surface area contributed by atoms with Gasteiger partial charge in [0.25, 0.3) is 0 Å². The fraction of sp³-hybridized carbons (Fsp3) is 0. The predicted octanol–water partition coefficient (Wildman–Crippen LogP) is 1.42. The molecule has 2 N–H and O–H groups in total. The maximum absolute atomic E-state index is 10.6. The Morgan fingerprint density at radius 3 is 2.93 bits per heavy atom. The summed E-state index contributed by atoms with van der Waals surface area (Å²) in [7, 11) is 0. The Hall–Kier alpha value is -2.31. The maximum atomic E-state index is 10.6. The Bertz CT molecular complexity index is 459. The Kier molecular flexibility index (Phi) is 1.70. The van der Waals surface area contributed by atoms with Gasteiger partial charge >= 0.3 is 11.6 Å². The van der Waals surface area contributed by atoms with E-state index in [1.165, 1.54) is 12.3 Å². The van der Waals surface area contributed by atoms with Gasteiger partial charge in [0.05, 0.1) is 11.2 Å². The van der Waals surface area contributed by atoms with E-state index in [4.69, 9.17) is 10.2 Å². The topological polar surface area (TPSA) is 108 Å². The molecular weight excluding hydrogens is 190 g/mol. The number of nitrogens with two attached hydrogens (primary N) is 1. The molecule has 0 radical (unpaired) electrons. The van der Waals surface area contributed by atoms with Gasteiger partial charge in [-0.25, -0.2) is 0 Å². The van der Waals surface area contributed by atoms with Crippen LogP contribution in [-0.4, -0.2) is 10.1 Å². The number of aromatic nitrogens is 1. The van der Waals surface area contributed by atoms with Crippen LogP contribution in [0.3, 0.4) is 0 Å². The number of hydrogen-bond acceptors (Lipinski definition) is 6. The van der Waals surface area contributed by atoms with Crippen molar-refractivity contribution >= 4 is 11.6 Å². The zero-order chi connectivity index (χ0) is 10.1. The molecule has 0 aliphatic carbocycles. The van der Waals surface area contributed by atoms with Crippen molar-refractivity contribution in [1.29, 1.82) is 0 Å². The highest BCUT2D eigenvalue weighted by Crippen LogP contribution is 2.33. The first-order chi connectivity index (χ1) is 6.70. The molecular formula is C7H5N3O4. The first kappa shape index (κ1) is 8.30. The molecule has 0 fully saturated rings. The average Bonchev–Trinajstić information content (AvgIpc) is 2.70. The quantitative estimate of drug-likeness (QED) is 0.573. The third-order valence-electron chi connectivity index (χ3n) is 1.63. The summed E-state index contributed by atoms with van der Waals surface area (Å²) < 4.78 is 9.45. The summed E-state index contributed by atoms with van der Waals surface area (Å²) in [6.45, 7) is 0. The molecule has 0 saturated carbocycles. The van der Waals surface area contributed by atoms with Gasteiger partial charge in [-0.05, 0) is 12.1 Å². The van der Waals surface area contributed by atoms with Crippen molar-refractivity contribution in [3.8, 4) is 11.5 Å². The lowest BCUT2D eigenvalue weighted by Crippen LogP contribution is -1.93. The van der Waals surface area contributed by atoms with Gasteiger partial charge in [0, 0.05) is 0 Å². The minimum absolute atomic E-state index is 0.00231. The van der Waals surface area contributed by atoms with Crippen molar-refractivity contribution in [3.05, 3.63) is 28.5 Å². The fourth-order valence-electron chi connectivity index (χ4n) is 1.05. The SMILES string of the molecule is Nc1onc(-c2ccco2)c1[N+](=O)[O-]. The highest BCUT2D eigenvalue weighted by molar-refractivity contribution is 5.71. The zero-order valence-corrected chi connectivity index (χ0v) is 6.84. The van der Waals surface area contributed by atoms with Crippen LogP contribution in [0.2, 0.25) is 0 Å². The maximum Gasteiger partial charge on any atom is 0.363 e. The predicted molar refractivity (Wildman–Crippen MR) is 45.3 cm³/mol. The van der Waals surface area contributed by atoms with E-state index in [0.717, 1.165) is 0 Å². The second-order valence-corrected chi connectivity index (χ2v) is 2.48. The molecule has 0 bridgehead atoms. The Labute approximate surface area is 77.2 Å². The molecule has 14 heavy (non-hydrogen) atoms. The van der Waals surface area contributed by atoms with Crippen molar-refractivity contribution < 1.29 is 13.9 Å². The molecule has 0 aliphatic rings. The second-order valence-electron chi connectivity index (χ2n) is 2.48. The van der Waals surface area contributed by atoms with Crippen molar-refractivity contribution in [2.24, 2.45) is 0 Å². The van der Waals surface area contributed by atoms with Crippen molar-refractivity contribution in [2.45, 2.75) is 0 Å². The number of furan rings is 1. The molecule has 0 spiro atoms. The molecule has 2 rings (SSSR count). The van der Waals surface area contributed by atoms with Crippen LogP contribution < -0.4 is 5.73 Å². The van der Waals surface area contributed by atoms with Gasteiger partial charge in [0.2, 0.25) is 5.69 Å². The van der Waals surface area contributed by atoms with E-state index in [9.17, 15) is 10.1 Å². The van der Waals surface area contributed by atoms with Crippen LogP contribution in [0, 0.1) is 10.1 Å². The molecule has 0 amide bonds. The molecule has 2 heterocycles. The molecule has 0 aromatic carbocycles. The Morgan fingerprint density at radius 1 is 1.57 bits per heavy atom. The lowest BCUT2D eigenvalue weighted by molar-refractivity contribution is -0.383. The van der Waals surface area contributed by atoms with Gasteiger partial charge in [-0.3, -0.25) is 10.1 Å². The summed E-state index contributed by atoms with van der Waals surface area (Å²) >= 11 is 0. The lowest BCUT2D eigenvalue weighted by atomic mass is 10.3. The molecule has 0 aliphatic heterocycles. The molecule has 0 atom stereocenters. The highest BCUT2D eigenvalue weighted by atomic mass is 16.6. The monoisotopic (exact) mass is 195 g/mol. The second kappa shape index (κ2) is 2.87. The Morgan fingerprint density at radius 2 is 2.36 bits per heavy atom. The molecule has 0 saturated heterocycles. The third kappa shape index (κ3) is 1.11. The molecule has 2 aromatic heterocycles. The number of nitrogens with zero attached hydrogens (tertiary/aromatic N) is 2. The van der Waals surface area contributed by atoms with Gasteiger partial charge in [-0.15, -0.1) is 0 Å². The minimum Gasteiger partial charge on any atom is -0.462 e. The fourth-order valence-corrected chi connectivity index (χ4v) is 1.05. The van der Waals surface area contributed by atoms with Gasteiger partial charge in [-0.2, -0.15) is 0 Å². The van der Waals surface area contributed by atoms with Crippen LogP contribution in [-0.2, 0) is 0 Å². The molecule has 2 aromatic rings. The third-order valence-corrected chi connectivity index (χ3v) is 1.63. The number of rotatable bonds is 2. The number of hydrogen-bond donors (Lipinski definition) is 1. The Balaban J connectivity index is 2.60. The van der Waals surface area contributed by atoms with Gasteiger partial charge in [0.1, 0.15) is 0 Å². The van der Waals surface area contributed by atoms with Gasteiger partial charge in [0.15, 0.2) is 5.76 Å². The van der Waals surface area contributed by atoms with Gasteiger partial charge in [-0.1, -0.05) is 5.16 Å². The zero-order valence-electron chi connectivity index (χ0n) is 6.84. The van der Waals surface area contributed by atoms with Gasteiger partial charge < -0.3 is 14.7 Å². The van der Waals surface area contributed by atoms with E-state index in [-0.39, 0.29) is 23.0 Å². The van der Waals surface area contributed by atoms with E-state index in [1.807, 2.05) is 0 Å². The van der Waals surface area contributed by atoms with Crippen molar-refractivity contribution in [1.82, 2.24) is 5.16 Å². The van der Waals surface area contributed by atoms with E-state index in [0.29, 0.717) is 0 Å². The molecule has 7 heteroatoms. The van der Waals surface area contributed by atoms with Crippen LogP contribution in [0.25, 0.3) is 11.5 Å². The number of nitrogen functional groups attached to an aromatic ring is 1. The molecule has 7 nitrogen and oxygen atoms in total. The normalized spacial score (nSPS) is 10.3. The van der Waals surface area contributed by atoms with E-state index in [1.54, 1.807) is 6.07 Å². The standard InChI is InChI=1S/C7H5N3O4/c8-7-6(10(11)12)5(9-14-7)4-2-1-3-13-4/h1-3H,8H2. The average molecular weight is 195 g/mol. The largest absolute Gasteiger partial charge is 0.462 e. The summed E-state index contributed by atoms with van der Waals surface area (Å²) in [6.07, 6.45) is 1.38. The van der Waals surface area contributed by atoms with Crippen LogP contribution in [0.1, 0.15) is 0 Å². The summed E-state index contributed by atoms with van der Waals surface area (Å²) in [5, 5.41) is 14.0. The van der Waals surface area contributed by atoms with E-state index < -0.39 is 4.92 Å². The summed E-state index contributed by atoms with van der Waals surface area (Å²) in [5.41, 5.74) is 4.86. The van der Waals surface area contributed by atoms with Crippen molar-refractivity contribution in [3.63, 3.8) is 0 Å². The first-order valence-corrected chi connectivity index (χ1v) is 3.63. The summed E-state index contributed by atoms with van der Waals surface area (Å²) in [6, 6.07) is 3.12. The van der Waals surface area contributed by atoms with Crippen LogP contribution >= 0.6 is 0 Å². The van der Waals surface area contributed by atoms with E-state index >= 15 is 0 Å². The lowest BCUT2D eigenvalue weighted by Gasteiger charge is -1.88. The summed E-state index contributed by atoms with van der Waals surface area (Å²) in [4.78, 5) is 9.92. The minimum atomic E-state index is -0.663. The number of nitro groups is 1. The molecule has 0 unspecified atom stereocenters. The van der Waals surface area contributed by atoms with E-state index in [2.05, 4.69) is 9.68 Å². The molecule has 72 valence electrons. The first-order valence-electron chi connectivity index (χ1n) is 3.63. The highest BCUT2D eigenvalue weighted by Gasteiger charge is 2.27. The summed E-state index contributed by atoms with van der Waals surface area (Å²) in [5.74, 6) is -0.0847. The number of anilines is 1. The van der Waals surface area contributed by atoms with Crippen molar-refractivity contribution in [2.75, 3.05) is 5.73 Å².